The van der Waals surface area contributed by atoms with Crippen LogP contribution in [0.1, 0.15) is 40.6 Å². The number of rotatable bonds is 4. The van der Waals surface area contributed by atoms with Crippen molar-refractivity contribution >= 4 is 32.4 Å². The molecule has 2 atom stereocenters. The zero-order chi connectivity index (χ0) is 30.8. The van der Waals surface area contributed by atoms with Gasteiger partial charge in [0.05, 0.1) is 9.79 Å². The van der Waals surface area contributed by atoms with E-state index in [1.54, 1.807) is 43.6 Å². The molecule has 0 bridgehead atoms. The Kier molecular flexibility index (Phi) is 9.21. The van der Waals surface area contributed by atoms with E-state index in [-0.39, 0.29) is 9.79 Å². The van der Waals surface area contributed by atoms with Crippen molar-refractivity contribution in [3.05, 3.63) is 143 Å². The second-order valence-corrected chi connectivity index (χ2v) is 25.5. The van der Waals surface area contributed by atoms with Crippen LogP contribution in [-0.4, -0.2) is 25.9 Å². The summed E-state index contributed by atoms with van der Waals surface area (Å²) in [5.74, 6) is 0. The molecule has 220 valence electrons. The molecule has 43 heavy (non-hydrogen) atoms. The molecule has 1 saturated heterocycles. The zero-order valence-corrected chi connectivity index (χ0v) is 28.0. The maximum Gasteiger partial charge on any atom is 0.124 e. The first-order valence-corrected chi connectivity index (χ1v) is 23.1. The Hall–Kier alpha value is -2.94. The molecule has 6 nitrogen and oxygen atoms in total. The second-order valence-electron chi connectivity index (χ2n) is 11.2. The molecule has 0 spiro atoms. The SMILES string of the molecule is C1=C[CH]([Zr+2]2([CH]3C=Cc4ccccc43)[CH2][CH2]2)c2ccccc21.Cc1ccc(S(=O)(=O)[O-])cc1.Cc1ccc(S(=O)(=O)[O-])cc1. The summed E-state index contributed by atoms with van der Waals surface area (Å²) in [7, 11) is -8.54. The Morgan fingerprint density at radius 3 is 1.23 bits per heavy atom. The number of benzene rings is 4. The summed E-state index contributed by atoms with van der Waals surface area (Å²) in [6, 6.07) is 29.7. The van der Waals surface area contributed by atoms with Gasteiger partial charge < -0.3 is 9.11 Å². The monoisotopic (exact) mass is 690 g/mol. The third-order valence-electron chi connectivity index (χ3n) is 8.28. The van der Waals surface area contributed by atoms with Crippen molar-refractivity contribution in [3.8, 4) is 0 Å². The molecular formula is C34H32O6S2Zr. The minimum atomic E-state index is -4.27. The molecule has 0 amide bonds. The van der Waals surface area contributed by atoms with Crippen molar-refractivity contribution in [2.75, 3.05) is 0 Å². The van der Waals surface area contributed by atoms with E-state index in [1.165, 1.54) is 35.4 Å². The third kappa shape index (κ3) is 7.24. The van der Waals surface area contributed by atoms with Crippen LogP contribution in [0.15, 0.2) is 119 Å². The minimum Gasteiger partial charge on any atom is -0.744 e. The molecule has 0 saturated carbocycles. The van der Waals surface area contributed by atoms with Gasteiger partial charge in [0.15, 0.2) is 0 Å². The van der Waals surface area contributed by atoms with E-state index in [0.29, 0.717) is 0 Å². The predicted octanol–water partition coefficient (Wildman–Crippen LogP) is 7.32. The first-order valence-electron chi connectivity index (χ1n) is 14.0. The van der Waals surface area contributed by atoms with Gasteiger partial charge in [-0.15, -0.1) is 0 Å². The Morgan fingerprint density at radius 2 is 0.907 bits per heavy atom. The molecule has 2 aliphatic carbocycles. The fourth-order valence-electron chi connectivity index (χ4n) is 5.87. The second kappa shape index (κ2) is 12.6. The average Bonchev–Trinajstić information content (AvgIpc) is 3.44. The van der Waals surface area contributed by atoms with Gasteiger partial charge in [0, 0.05) is 0 Å². The van der Waals surface area contributed by atoms with Gasteiger partial charge in [-0.2, -0.15) is 0 Å². The summed E-state index contributed by atoms with van der Waals surface area (Å²) >= 11 is -2.13. The van der Waals surface area contributed by atoms with E-state index in [1.807, 2.05) is 13.8 Å². The molecule has 2 unspecified atom stereocenters. The van der Waals surface area contributed by atoms with Crippen LogP contribution in [0, 0.1) is 13.8 Å². The van der Waals surface area contributed by atoms with Crippen LogP contribution in [0.4, 0.5) is 0 Å². The molecule has 0 aromatic heterocycles. The van der Waals surface area contributed by atoms with Crippen LogP contribution < -0.4 is 0 Å². The van der Waals surface area contributed by atoms with Crippen LogP contribution in [0.3, 0.4) is 0 Å². The summed E-state index contributed by atoms with van der Waals surface area (Å²) in [5.41, 5.74) is 8.06. The summed E-state index contributed by atoms with van der Waals surface area (Å²) in [6.07, 6.45) is 9.84. The Bertz CT molecular complexity index is 1750. The van der Waals surface area contributed by atoms with Gasteiger partial charge in [-0.1, -0.05) is 35.4 Å². The fraction of sp³-hybridized carbons (Fsp3) is 0.176. The van der Waals surface area contributed by atoms with Gasteiger partial charge in [-0.05, 0) is 38.1 Å². The summed E-state index contributed by atoms with van der Waals surface area (Å²) in [4.78, 5) is -0.355. The predicted molar refractivity (Wildman–Crippen MR) is 164 cm³/mol. The van der Waals surface area contributed by atoms with Crippen LogP contribution in [0.25, 0.3) is 12.2 Å². The van der Waals surface area contributed by atoms with Gasteiger partial charge in [0.25, 0.3) is 0 Å². The Morgan fingerprint density at radius 1 is 0.558 bits per heavy atom. The molecule has 1 fully saturated rings. The number of aryl methyl sites for hydroxylation is 2. The van der Waals surface area contributed by atoms with E-state index in [9.17, 15) is 25.9 Å². The first kappa shape index (κ1) is 31.5. The number of fused-ring (bicyclic) bond motifs is 2. The van der Waals surface area contributed by atoms with Crippen molar-refractivity contribution in [1.82, 2.24) is 0 Å². The van der Waals surface area contributed by atoms with Crippen molar-refractivity contribution in [2.24, 2.45) is 0 Å². The zero-order valence-electron chi connectivity index (χ0n) is 23.9. The summed E-state index contributed by atoms with van der Waals surface area (Å²) in [6.45, 7) is 3.64. The van der Waals surface area contributed by atoms with Crippen LogP contribution in [0.2, 0.25) is 8.26 Å². The van der Waals surface area contributed by atoms with Gasteiger partial charge in [-0.25, -0.2) is 16.8 Å². The fourth-order valence-corrected chi connectivity index (χ4v) is 22.4. The quantitative estimate of drug-likeness (QED) is 0.207. The average molecular weight is 692 g/mol. The smallest absolute Gasteiger partial charge is 0.124 e. The van der Waals surface area contributed by atoms with E-state index >= 15 is 0 Å². The molecule has 4 aromatic rings. The molecule has 1 aliphatic heterocycles. The number of allylic oxidation sites excluding steroid dienone is 2. The van der Waals surface area contributed by atoms with Crippen molar-refractivity contribution in [1.29, 1.82) is 0 Å². The van der Waals surface area contributed by atoms with Crippen molar-refractivity contribution in [3.63, 3.8) is 0 Å². The van der Waals surface area contributed by atoms with Crippen LogP contribution in [0.5, 0.6) is 0 Å². The molecule has 3 aliphatic rings. The molecule has 1 heterocycles. The molecular weight excluding hydrogens is 660 g/mol. The largest absolute Gasteiger partial charge is 0.744 e. The van der Waals surface area contributed by atoms with Crippen molar-refractivity contribution < 1.29 is 46.2 Å². The summed E-state index contributed by atoms with van der Waals surface area (Å²) in [5, 5.41) is 0. The maximum atomic E-state index is 10.4. The van der Waals surface area contributed by atoms with Gasteiger partial charge in [-0.3, -0.25) is 0 Å². The van der Waals surface area contributed by atoms with E-state index in [4.69, 9.17) is 0 Å². The van der Waals surface area contributed by atoms with Crippen LogP contribution >= 0.6 is 0 Å². The minimum absolute atomic E-state index is 0.178. The molecule has 4 aromatic carbocycles. The number of hydrogen-bond acceptors (Lipinski definition) is 6. The van der Waals surface area contributed by atoms with Gasteiger partial charge in [0.1, 0.15) is 20.2 Å². The standard InChI is InChI=1S/2C9H7.2C7H8O3S.C2H4.Zr/c2*1-2-5-9-7-3-6-8(9)4-1;2*1-6-2-4-7(5-3-6)11(8,9)10;1-2;/h2*1-7H;2*2-5H,1H3,(H,8,9,10);1-2H2;/q;;;;;+2/p-2. The van der Waals surface area contributed by atoms with E-state index < -0.39 is 40.5 Å². The van der Waals surface area contributed by atoms with Crippen molar-refractivity contribution in [2.45, 2.75) is 39.1 Å². The maximum absolute atomic E-state index is 10.4. The molecule has 9 heteroatoms. The topological polar surface area (TPSA) is 114 Å². The van der Waals surface area contributed by atoms with E-state index in [0.717, 1.165) is 18.4 Å². The summed E-state index contributed by atoms with van der Waals surface area (Å²) < 4.78 is 67.0. The molecule has 7 rings (SSSR count). The van der Waals surface area contributed by atoms with Gasteiger partial charge >= 0.3 is 131 Å². The Balaban J connectivity index is 0.000000143. The normalized spacial score (nSPS) is 18.1. The Labute approximate surface area is 258 Å². The molecule has 0 radical (unpaired) electrons. The first-order chi connectivity index (χ1) is 20.4. The molecule has 0 N–H and O–H groups in total. The van der Waals surface area contributed by atoms with Crippen LogP contribution in [-0.2, 0) is 40.5 Å². The van der Waals surface area contributed by atoms with E-state index in [2.05, 4.69) is 72.8 Å². The number of hydrogen-bond donors (Lipinski definition) is 0. The third-order valence-corrected chi connectivity index (χ3v) is 22.6. The van der Waals surface area contributed by atoms with Gasteiger partial charge in [0.2, 0.25) is 0 Å².